The highest BCUT2D eigenvalue weighted by Crippen LogP contribution is 2.45. The van der Waals surface area contributed by atoms with E-state index in [1.54, 1.807) is 0 Å². The Hall–Kier alpha value is -0.700. The van der Waals surface area contributed by atoms with Crippen molar-refractivity contribution in [2.45, 2.75) is 24.8 Å². The molecule has 3 rings (SSSR count). The van der Waals surface area contributed by atoms with Gasteiger partial charge in [0.15, 0.2) is 0 Å². The third kappa shape index (κ3) is 1.29. The van der Waals surface area contributed by atoms with Crippen molar-refractivity contribution >= 4 is 27.3 Å². The van der Waals surface area contributed by atoms with Gasteiger partial charge in [0, 0.05) is 18.1 Å². The maximum absolute atomic E-state index is 3.55. The summed E-state index contributed by atoms with van der Waals surface area (Å²) < 4.78 is 1.15. The minimum absolute atomic E-state index is 0.404. The van der Waals surface area contributed by atoms with Crippen LogP contribution in [-0.2, 0) is 0 Å². The van der Waals surface area contributed by atoms with Crippen LogP contribution in [0.15, 0.2) is 22.7 Å². The molecule has 0 saturated heterocycles. The minimum atomic E-state index is 0.404. The molecule has 1 aromatic rings. The number of anilines is 2. The number of hydrogen-bond donors (Lipinski definition) is 1. The second-order valence-corrected chi connectivity index (χ2v) is 5.57. The van der Waals surface area contributed by atoms with E-state index in [0.717, 1.165) is 11.0 Å². The predicted octanol–water partition coefficient (Wildman–Crippen LogP) is 3.23. The van der Waals surface area contributed by atoms with Crippen LogP contribution < -0.4 is 10.2 Å². The number of nitrogens with one attached hydrogen (secondary N) is 1. The van der Waals surface area contributed by atoms with Crippen molar-refractivity contribution in [1.29, 1.82) is 0 Å². The Morgan fingerprint density at radius 3 is 2.87 bits per heavy atom. The minimum Gasteiger partial charge on any atom is -0.381 e. The second kappa shape index (κ2) is 3.14. The average molecular weight is 267 g/mol. The van der Waals surface area contributed by atoms with Crippen molar-refractivity contribution in [3.8, 4) is 0 Å². The van der Waals surface area contributed by atoms with Gasteiger partial charge in [-0.2, -0.15) is 0 Å². The van der Waals surface area contributed by atoms with E-state index in [1.807, 2.05) is 0 Å². The lowest BCUT2D eigenvalue weighted by Gasteiger charge is -2.53. The van der Waals surface area contributed by atoms with Gasteiger partial charge in [-0.15, -0.1) is 0 Å². The highest BCUT2D eigenvalue weighted by Gasteiger charge is 2.43. The Morgan fingerprint density at radius 1 is 1.40 bits per heavy atom. The van der Waals surface area contributed by atoms with Crippen molar-refractivity contribution in [3.05, 3.63) is 22.7 Å². The van der Waals surface area contributed by atoms with Gasteiger partial charge >= 0.3 is 0 Å². The molecule has 0 unspecified atom stereocenters. The lowest BCUT2D eigenvalue weighted by molar-refractivity contribution is 0.249. The van der Waals surface area contributed by atoms with Gasteiger partial charge in [-0.25, -0.2) is 0 Å². The fourth-order valence-electron chi connectivity index (χ4n) is 2.67. The molecule has 1 fully saturated rings. The third-order valence-electron chi connectivity index (χ3n) is 3.92. The first kappa shape index (κ1) is 9.52. The van der Waals surface area contributed by atoms with E-state index in [0.29, 0.717) is 5.54 Å². The van der Waals surface area contributed by atoms with Crippen LogP contribution in [0.3, 0.4) is 0 Å². The van der Waals surface area contributed by atoms with Gasteiger partial charge in [-0.3, -0.25) is 0 Å². The molecule has 2 nitrogen and oxygen atoms in total. The number of halogens is 1. The van der Waals surface area contributed by atoms with Crippen molar-refractivity contribution in [2.75, 3.05) is 23.8 Å². The summed E-state index contributed by atoms with van der Waals surface area (Å²) in [5, 5.41) is 3.55. The Bertz CT molecular complexity index is 399. The lowest BCUT2D eigenvalue weighted by atomic mass is 9.74. The smallest absolute Gasteiger partial charge is 0.0605 e. The van der Waals surface area contributed by atoms with Gasteiger partial charge in [0.1, 0.15) is 0 Å². The van der Waals surface area contributed by atoms with Crippen molar-refractivity contribution in [2.24, 2.45) is 0 Å². The highest BCUT2D eigenvalue weighted by molar-refractivity contribution is 9.10. The molecular formula is C12H15BrN2. The topological polar surface area (TPSA) is 15.3 Å². The zero-order valence-corrected chi connectivity index (χ0v) is 10.5. The summed E-state index contributed by atoms with van der Waals surface area (Å²) in [5.41, 5.74) is 2.99. The first-order chi connectivity index (χ1) is 7.21. The SMILES string of the molecule is CN1c2ccc(Br)cc2NCC12CCC2. The van der Waals surface area contributed by atoms with Crippen LogP contribution in [0.5, 0.6) is 0 Å². The molecule has 1 aliphatic heterocycles. The molecule has 1 spiro atoms. The molecule has 0 atom stereocenters. The standard InChI is InChI=1S/C12H15BrN2/c1-15-11-4-3-9(13)7-10(11)14-8-12(15)5-2-6-12/h3-4,7,14H,2,5-6,8H2,1H3. The Labute approximate surface area is 98.8 Å². The van der Waals surface area contributed by atoms with E-state index in [1.165, 1.54) is 30.6 Å². The maximum Gasteiger partial charge on any atom is 0.0605 e. The molecule has 1 heterocycles. The van der Waals surface area contributed by atoms with Crippen molar-refractivity contribution in [3.63, 3.8) is 0 Å². The van der Waals surface area contributed by atoms with E-state index in [2.05, 4.69) is 51.4 Å². The van der Waals surface area contributed by atoms with Gasteiger partial charge in [0.2, 0.25) is 0 Å². The maximum atomic E-state index is 3.55. The molecule has 3 heteroatoms. The Morgan fingerprint density at radius 2 is 2.20 bits per heavy atom. The van der Waals surface area contributed by atoms with Crippen LogP contribution in [0.2, 0.25) is 0 Å². The Balaban J connectivity index is 2.02. The zero-order valence-electron chi connectivity index (χ0n) is 8.89. The molecule has 80 valence electrons. The predicted molar refractivity (Wildman–Crippen MR) is 67.6 cm³/mol. The fourth-order valence-corrected chi connectivity index (χ4v) is 3.03. The molecule has 2 aliphatic rings. The van der Waals surface area contributed by atoms with E-state index in [-0.39, 0.29) is 0 Å². The average Bonchev–Trinajstić information content (AvgIpc) is 2.15. The van der Waals surface area contributed by atoms with E-state index < -0.39 is 0 Å². The summed E-state index contributed by atoms with van der Waals surface area (Å²) >= 11 is 3.51. The van der Waals surface area contributed by atoms with Crippen LogP contribution in [-0.4, -0.2) is 19.1 Å². The molecular weight excluding hydrogens is 252 g/mol. The molecule has 0 radical (unpaired) electrons. The van der Waals surface area contributed by atoms with E-state index in [4.69, 9.17) is 0 Å². The summed E-state index contributed by atoms with van der Waals surface area (Å²) in [6, 6.07) is 6.48. The largest absolute Gasteiger partial charge is 0.381 e. The molecule has 0 bridgehead atoms. The van der Waals surface area contributed by atoms with Gasteiger partial charge in [0.05, 0.1) is 16.9 Å². The fraction of sp³-hybridized carbons (Fsp3) is 0.500. The van der Waals surface area contributed by atoms with Gasteiger partial charge in [-0.1, -0.05) is 15.9 Å². The normalized spacial score (nSPS) is 21.9. The molecule has 15 heavy (non-hydrogen) atoms. The molecule has 1 aliphatic carbocycles. The number of nitrogens with zero attached hydrogens (tertiary/aromatic N) is 1. The number of rotatable bonds is 0. The summed E-state index contributed by atoms with van der Waals surface area (Å²) in [5.74, 6) is 0. The lowest BCUT2D eigenvalue weighted by Crippen LogP contribution is -2.59. The monoisotopic (exact) mass is 266 g/mol. The third-order valence-corrected chi connectivity index (χ3v) is 4.42. The molecule has 1 aromatic carbocycles. The first-order valence-electron chi connectivity index (χ1n) is 5.49. The summed E-state index contributed by atoms with van der Waals surface area (Å²) in [6.45, 7) is 1.09. The van der Waals surface area contributed by atoms with Crippen LogP contribution in [0, 0.1) is 0 Å². The molecule has 1 N–H and O–H groups in total. The van der Waals surface area contributed by atoms with Crippen LogP contribution >= 0.6 is 15.9 Å². The van der Waals surface area contributed by atoms with Gasteiger partial charge < -0.3 is 10.2 Å². The number of fused-ring (bicyclic) bond motifs is 1. The summed E-state index contributed by atoms with van der Waals surface area (Å²) in [7, 11) is 2.23. The van der Waals surface area contributed by atoms with Crippen LogP contribution in [0.1, 0.15) is 19.3 Å². The number of hydrogen-bond acceptors (Lipinski definition) is 2. The quantitative estimate of drug-likeness (QED) is 0.776. The van der Waals surface area contributed by atoms with E-state index >= 15 is 0 Å². The number of likely N-dealkylation sites (N-methyl/N-ethyl adjacent to an activating group) is 1. The van der Waals surface area contributed by atoms with Crippen LogP contribution in [0.4, 0.5) is 11.4 Å². The summed E-state index contributed by atoms with van der Waals surface area (Å²) in [4.78, 5) is 2.47. The highest BCUT2D eigenvalue weighted by atomic mass is 79.9. The van der Waals surface area contributed by atoms with Gasteiger partial charge in [0.25, 0.3) is 0 Å². The summed E-state index contributed by atoms with van der Waals surface area (Å²) in [6.07, 6.45) is 4.02. The molecule has 1 saturated carbocycles. The van der Waals surface area contributed by atoms with Crippen LogP contribution in [0.25, 0.3) is 0 Å². The number of benzene rings is 1. The molecule has 0 aromatic heterocycles. The van der Waals surface area contributed by atoms with Crippen molar-refractivity contribution < 1.29 is 0 Å². The Kier molecular flexibility index (Phi) is 2.00. The van der Waals surface area contributed by atoms with Gasteiger partial charge in [-0.05, 0) is 37.5 Å². The van der Waals surface area contributed by atoms with E-state index in [9.17, 15) is 0 Å². The molecule has 0 amide bonds. The zero-order chi connectivity index (χ0) is 10.5. The van der Waals surface area contributed by atoms with Crippen molar-refractivity contribution in [1.82, 2.24) is 0 Å². The first-order valence-corrected chi connectivity index (χ1v) is 6.28. The second-order valence-electron chi connectivity index (χ2n) is 4.65.